The van der Waals surface area contributed by atoms with Crippen molar-refractivity contribution in [2.45, 2.75) is 6.92 Å². The molecule has 7 heteroatoms. The van der Waals surface area contributed by atoms with Crippen molar-refractivity contribution in [1.29, 1.82) is 0 Å². The Morgan fingerprint density at radius 3 is 2.68 bits per heavy atom. The van der Waals surface area contributed by atoms with Gasteiger partial charge in [-0.15, -0.1) is 0 Å². The van der Waals surface area contributed by atoms with Gasteiger partial charge in [0.05, 0.1) is 12.4 Å². The molecule has 0 spiro atoms. The highest BCUT2D eigenvalue weighted by Crippen LogP contribution is 2.09. The molecular formula is C15H9ClFN5. The average Bonchev–Trinajstić information content (AvgIpc) is 2.87. The Morgan fingerprint density at radius 1 is 1.18 bits per heavy atom. The van der Waals surface area contributed by atoms with E-state index in [2.05, 4.69) is 31.8 Å². The number of aryl methyl sites for hydroxylation is 1. The summed E-state index contributed by atoms with van der Waals surface area (Å²) < 4.78 is 14.5. The van der Waals surface area contributed by atoms with Crippen LogP contribution in [0.2, 0.25) is 5.15 Å². The second-order valence-electron chi connectivity index (χ2n) is 4.36. The fourth-order valence-electron chi connectivity index (χ4n) is 1.78. The van der Waals surface area contributed by atoms with Crippen LogP contribution in [0.15, 0.2) is 36.9 Å². The lowest BCUT2D eigenvalue weighted by Crippen LogP contribution is -2.01. The predicted molar refractivity (Wildman–Crippen MR) is 79.1 cm³/mol. The predicted octanol–water partition coefficient (Wildman–Crippen LogP) is 2.56. The molecule has 0 aliphatic carbocycles. The third-order valence-corrected chi connectivity index (χ3v) is 2.97. The van der Waals surface area contributed by atoms with Gasteiger partial charge in [0.15, 0.2) is 5.82 Å². The number of nitrogens with zero attached hydrogens (tertiary/aromatic N) is 5. The van der Waals surface area contributed by atoms with E-state index in [4.69, 9.17) is 11.6 Å². The van der Waals surface area contributed by atoms with Crippen molar-refractivity contribution >= 4 is 11.6 Å². The fourth-order valence-corrected chi connectivity index (χ4v) is 1.96. The van der Waals surface area contributed by atoms with Gasteiger partial charge in [-0.05, 0) is 25.0 Å². The van der Waals surface area contributed by atoms with E-state index in [1.165, 1.54) is 0 Å². The Hall–Kier alpha value is -2.78. The summed E-state index contributed by atoms with van der Waals surface area (Å²) in [6.07, 6.45) is 5.49. The molecule has 0 N–H and O–H groups in total. The number of imidazole rings is 1. The smallest absolute Gasteiger partial charge is 0.235 e. The van der Waals surface area contributed by atoms with E-state index >= 15 is 0 Å². The van der Waals surface area contributed by atoms with Gasteiger partial charge in [0.1, 0.15) is 16.7 Å². The molecule has 0 radical (unpaired) electrons. The van der Waals surface area contributed by atoms with Crippen LogP contribution in [0.4, 0.5) is 4.39 Å². The minimum Gasteiger partial charge on any atom is -0.271 e. The van der Waals surface area contributed by atoms with Crippen LogP contribution in [0.5, 0.6) is 0 Å². The molecule has 0 aromatic carbocycles. The molecule has 0 saturated heterocycles. The first-order valence-corrected chi connectivity index (χ1v) is 6.67. The van der Waals surface area contributed by atoms with Gasteiger partial charge in [-0.2, -0.15) is 0 Å². The second-order valence-corrected chi connectivity index (χ2v) is 4.75. The zero-order chi connectivity index (χ0) is 15.5. The minimum atomic E-state index is -0.490. The number of pyridine rings is 1. The number of rotatable bonds is 1. The highest BCUT2D eigenvalue weighted by Gasteiger charge is 2.07. The lowest BCUT2D eigenvalue weighted by Gasteiger charge is -2.00. The summed E-state index contributed by atoms with van der Waals surface area (Å²) in [5.74, 6) is 6.39. The molecule has 0 atom stereocenters. The maximum atomic E-state index is 12.9. The summed E-state index contributed by atoms with van der Waals surface area (Å²) >= 11 is 5.80. The van der Waals surface area contributed by atoms with Gasteiger partial charge in [-0.3, -0.25) is 4.57 Å². The van der Waals surface area contributed by atoms with E-state index in [-0.39, 0.29) is 0 Å². The Morgan fingerprint density at radius 2 is 1.95 bits per heavy atom. The monoisotopic (exact) mass is 313 g/mol. The van der Waals surface area contributed by atoms with Crippen molar-refractivity contribution in [3.8, 4) is 17.8 Å². The summed E-state index contributed by atoms with van der Waals surface area (Å²) in [7, 11) is 0. The first-order valence-electron chi connectivity index (χ1n) is 6.29. The molecule has 3 heterocycles. The van der Waals surface area contributed by atoms with Gasteiger partial charge in [0.2, 0.25) is 5.95 Å². The Balaban J connectivity index is 1.91. The van der Waals surface area contributed by atoms with E-state index < -0.39 is 5.82 Å². The molecule has 0 amide bonds. The fraction of sp³-hybridized carbons (Fsp3) is 0.0667. The molecule has 0 aliphatic heterocycles. The maximum absolute atomic E-state index is 12.9. The van der Waals surface area contributed by atoms with Gasteiger partial charge in [-0.1, -0.05) is 17.5 Å². The van der Waals surface area contributed by atoms with Crippen LogP contribution in [-0.2, 0) is 0 Å². The van der Waals surface area contributed by atoms with Crippen molar-refractivity contribution in [2.24, 2.45) is 0 Å². The van der Waals surface area contributed by atoms with Crippen LogP contribution in [-0.4, -0.2) is 24.5 Å². The molecule has 3 aromatic rings. The van der Waals surface area contributed by atoms with Gasteiger partial charge >= 0.3 is 0 Å². The highest BCUT2D eigenvalue weighted by molar-refractivity contribution is 6.29. The van der Waals surface area contributed by atoms with Crippen molar-refractivity contribution in [3.63, 3.8) is 0 Å². The minimum absolute atomic E-state index is 0.339. The Labute approximate surface area is 130 Å². The molecule has 0 saturated carbocycles. The zero-order valence-electron chi connectivity index (χ0n) is 11.5. The van der Waals surface area contributed by atoms with Gasteiger partial charge in [0, 0.05) is 18.0 Å². The molecule has 5 nitrogen and oxygen atoms in total. The zero-order valence-corrected chi connectivity index (χ0v) is 12.2. The average molecular weight is 314 g/mol. The van der Waals surface area contributed by atoms with Crippen LogP contribution >= 0.6 is 11.6 Å². The van der Waals surface area contributed by atoms with E-state index in [1.54, 1.807) is 36.0 Å². The quantitative estimate of drug-likeness (QED) is 0.512. The molecule has 3 aromatic heterocycles. The van der Waals surface area contributed by atoms with Crippen LogP contribution in [0.1, 0.15) is 17.1 Å². The SMILES string of the molecule is Cc1nc(C#Cc2ccnc(Cl)c2)cn1-c1ncc(F)cn1. The van der Waals surface area contributed by atoms with E-state index in [0.29, 0.717) is 22.6 Å². The summed E-state index contributed by atoms with van der Waals surface area (Å²) in [4.78, 5) is 16.0. The lowest BCUT2D eigenvalue weighted by molar-refractivity contribution is 0.610. The normalized spacial score (nSPS) is 10.1. The highest BCUT2D eigenvalue weighted by atomic mass is 35.5. The second kappa shape index (κ2) is 5.92. The van der Waals surface area contributed by atoms with Gasteiger partial charge < -0.3 is 0 Å². The van der Waals surface area contributed by atoms with E-state index in [9.17, 15) is 4.39 Å². The first kappa shape index (κ1) is 14.2. The molecule has 0 unspecified atom stereocenters. The van der Waals surface area contributed by atoms with Gasteiger partial charge in [0.25, 0.3) is 0 Å². The van der Waals surface area contributed by atoms with E-state index in [1.807, 2.05) is 0 Å². The summed E-state index contributed by atoms with van der Waals surface area (Å²) in [5.41, 5.74) is 1.29. The number of halogens is 2. The molecule has 3 rings (SSSR count). The largest absolute Gasteiger partial charge is 0.271 e. The summed E-state index contributed by atoms with van der Waals surface area (Å²) in [6.45, 7) is 1.79. The summed E-state index contributed by atoms with van der Waals surface area (Å²) in [6, 6.07) is 3.42. The maximum Gasteiger partial charge on any atom is 0.235 e. The van der Waals surface area contributed by atoms with Crippen LogP contribution < -0.4 is 0 Å². The number of aromatic nitrogens is 5. The van der Waals surface area contributed by atoms with Crippen LogP contribution in [0, 0.1) is 24.6 Å². The molecule has 0 aliphatic rings. The summed E-state index contributed by atoms with van der Waals surface area (Å²) in [5, 5.41) is 0.383. The van der Waals surface area contributed by atoms with Gasteiger partial charge in [-0.25, -0.2) is 24.3 Å². The van der Waals surface area contributed by atoms with Crippen LogP contribution in [0.25, 0.3) is 5.95 Å². The number of hydrogen-bond donors (Lipinski definition) is 0. The third kappa shape index (κ3) is 3.10. The topological polar surface area (TPSA) is 56.5 Å². The lowest BCUT2D eigenvalue weighted by atomic mass is 10.3. The molecule has 0 fully saturated rings. The molecule has 22 heavy (non-hydrogen) atoms. The van der Waals surface area contributed by atoms with Crippen molar-refractivity contribution < 1.29 is 4.39 Å². The molecule has 108 valence electrons. The number of hydrogen-bond acceptors (Lipinski definition) is 4. The standard InChI is InChI=1S/C15H9ClFN5/c1-10-21-13(3-2-11-4-5-18-14(16)6-11)9-22(10)15-19-7-12(17)8-20-15/h4-9H,1H3. The van der Waals surface area contributed by atoms with Crippen molar-refractivity contribution in [1.82, 2.24) is 24.5 Å². The Bertz CT molecular complexity index is 877. The third-order valence-electron chi connectivity index (χ3n) is 2.77. The Kier molecular flexibility index (Phi) is 3.81. The molecular weight excluding hydrogens is 305 g/mol. The van der Waals surface area contributed by atoms with E-state index in [0.717, 1.165) is 18.0 Å². The van der Waals surface area contributed by atoms with Crippen molar-refractivity contribution in [2.75, 3.05) is 0 Å². The van der Waals surface area contributed by atoms with Crippen LogP contribution in [0.3, 0.4) is 0 Å². The molecule has 0 bridgehead atoms. The first-order chi connectivity index (χ1) is 10.6. The van der Waals surface area contributed by atoms with Crippen molar-refractivity contribution in [3.05, 3.63) is 65.0 Å².